The number of hydrogen-bond donors (Lipinski definition) is 1. The van der Waals surface area contributed by atoms with Crippen LogP contribution in [0.15, 0.2) is 0 Å². The van der Waals surface area contributed by atoms with E-state index < -0.39 is 12.1 Å². The fourth-order valence-electron chi connectivity index (χ4n) is 0.550. The van der Waals surface area contributed by atoms with E-state index in [1.165, 1.54) is 0 Å². The normalized spacial score (nSPS) is 23.1. The predicted molar refractivity (Wildman–Crippen MR) is 28.2 cm³/mol. The molecule has 4 nitrogen and oxygen atoms in total. The minimum Gasteiger partial charge on any atom is -0.385 e. The van der Waals surface area contributed by atoms with Crippen LogP contribution < -0.4 is 0 Å². The second-order valence-electron chi connectivity index (χ2n) is 1.88. The molecule has 10 heavy (non-hydrogen) atoms. The zero-order chi connectivity index (χ0) is 6.91. The van der Waals surface area contributed by atoms with Crippen LogP contribution in [0.1, 0.15) is 13.8 Å². The summed E-state index contributed by atoms with van der Waals surface area (Å²) in [5.41, 5.74) is 0. The molecule has 58 valence electrons. The fourth-order valence-corrected chi connectivity index (χ4v) is 0.550. The third-order valence-corrected chi connectivity index (χ3v) is 1.10. The molecular weight excluding hydrogens is 215 g/mol. The molecule has 1 aliphatic heterocycles. The summed E-state index contributed by atoms with van der Waals surface area (Å²) in [6.45, 7) is 3.81. The maximum Gasteiger partial charge on any atom is 0.365 e. The first-order valence-corrected chi connectivity index (χ1v) is 2.90. The molecule has 0 spiro atoms. The Morgan fingerprint density at radius 2 is 2.10 bits per heavy atom. The zero-order valence-electron chi connectivity index (χ0n) is 5.96. The summed E-state index contributed by atoms with van der Waals surface area (Å²) in [6, 6.07) is 0. The van der Waals surface area contributed by atoms with Crippen molar-refractivity contribution < 1.29 is 45.8 Å². The van der Waals surface area contributed by atoms with Gasteiger partial charge in [0.25, 0.3) is 0 Å². The number of ether oxygens (including phenoxy) is 1. The Bertz CT molecular complexity index is 102. The van der Waals surface area contributed by atoms with Gasteiger partial charge in [-0.1, -0.05) is 0 Å². The average Bonchev–Trinajstić information content (AvgIpc) is 2.49. The summed E-state index contributed by atoms with van der Waals surface area (Å²) in [4.78, 5) is 8.85. The molecule has 1 unspecified atom stereocenters. The summed E-state index contributed by atoms with van der Waals surface area (Å²) in [5.74, 6) is -1.14. The van der Waals surface area contributed by atoms with Crippen LogP contribution in [0.5, 0.6) is 0 Å². The van der Waals surface area contributed by atoms with E-state index >= 15 is 0 Å². The van der Waals surface area contributed by atoms with Crippen molar-refractivity contribution in [3.8, 4) is 0 Å². The Labute approximate surface area is 78.5 Å². The van der Waals surface area contributed by atoms with Crippen LogP contribution in [-0.4, -0.2) is 23.8 Å². The number of hydrogen-bond acceptors (Lipinski definition) is 4. The van der Waals surface area contributed by atoms with Gasteiger partial charge >= 0.3 is 5.97 Å². The van der Waals surface area contributed by atoms with Gasteiger partial charge in [-0.15, -0.1) is 0 Å². The second-order valence-corrected chi connectivity index (χ2v) is 1.88. The third-order valence-electron chi connectivity index (χ3n) is 1.10. The Kier molecular flexibility index (Phi) is 4.21. The Morgan fingerprint density at radius 1 is 1.60 bits per heavy atom. The molecule has 0 aromatic carbocycles. The minimum atomic E-state index is -1.14. The van der Waals surface area contributed by atoms with Crippen molar-refractivity contribution in [2.24, 2.45) is 0 Å². The first-order valence-electron chi connectivity index (χ1n) is 2.90. The number of aliphatic hydroxyl groups excluding tert-OH is 1. The quantitative estimate of drug-likeness (QED) is 0.543. The molecule has 1 saturated heterocycles. The van der Waals surface area contributed by atoms with Crippen LogP contribution >= 0.6 is 0 Å². The molecule has 0 aliphatic carbocycles. The van der Waals surface area contributed by atoms with Gasteiger partial charge < -0.3 is 9.84 Å². The van der Waals surface area contributed by atoms with Crippen LogP contribution in [0.2, 0.25) is 0 Å². The Balaban J connectivity index is 0.000000810. The SMILES string of the molecule is CCOC1(C(C)O)OO1.[Zr]. The maximum absolute atomic E-state index is 8.90. The number of rotatable bonds is 3. The molecule has 0 aromatic rings. The van der Waals surface area contributed by atoms with E-state index in [0.29, 0.717) is 6.61 Å². The van der Waals surface area contributed by atoms with E-state index in [9.17, 15) is 0 Å². The van der Waals surface area contributed by atoms with Crippen LogP contribution in [-0.2, 0) is 40.7 Å². The van der Waals surface area contributed by atoms with Crippen LogP contribution in [0.4, 0.5) is 0 Å². The molecule has 1 rings (SSSR count). The van der Waals surface area contributed by atoms with E-state index in [0.717, 1.165) is 0 Å². The van der Waals surface area contributed by atoms with Crippen molar-refractivity contribution >= 4 is 0 Å². The molecule has 1 heterocycles. The zero-order valence-corrected chi connectivity index (χ0v) is 8.41. The fraction of sp³-hybridized carbons (Fsp3) is 1.00. The Morgan fingerprint density at radius 3 is 2.20 bits per heavy atom. The van der Waals surface area contributed by atoms with Crippen molar-refractivity contribution in [2.45, 2.75) is 25.9 Å². The molecule has 0 amide bonds. The van der Waals surface area contributed by atoms with E-state index in [1.807, 2.05) is 0 Å². The standard InChI is InChI=1S/C5H10O4.Zr/c1-3-7-5(4(2)6)8-9-5;/h4,6H,3H2,1-2H3;. The van der Waals surface area contributed by atoms with E-state index in [-0.39, 0.29) is 26.2 Å². The molecule has 5 heteroatoms. The molecule has 1 atom stereocenters. The smallest absolute Gasteiger partial charge is 0.365 e. The summed E-state index contributed by atoms with van der Waals surface area (Å²) in [7, 11) is 0. The van der Waals surface area contributed by atoms with E-state index in [2.05, 4.69) is 9.78 Å². The summed E-state index contributed by atoms with van der Waals surface area (Å²) >= 11 is 0. The van der Waals surface area contributed by atoms with Gasteiger partial charge in [-0.25, -0.2) is 0 Å². The molecular formula is C5H10O4Zr. The van der Waals surface area contributed by atoms with Gasteiger partial charge in [-0.2, -0.15) is 9.78 Å². The average molecular weight is 225 g/mol. The summed E-state index contributed by atoms with van der Waals surface area (Å²) < 4.78 is 4.91. The van der Waals surface area contributed by atoms with Gasteiger partial charge in [0.05, 0.1) is 0 Å². The second kappa shape index (κ2) is 3.93. The maximum atomic E-state index is 8.90. The van der Waals surface area contributed by atoms with Gasteiger partial charge in [-0.3, -0.25) is 0 Å². The van der Waals surface area contributed by atoms with Crippen molar-refractivity contribution in [2.75, 3.05) is 6.61 Å². The predicted octanol–water partition coefficient (Wildman–Crippen LogP) is 0.0168. The monoisotopic (exact) mass is 224 g/mol. The minimum absolute atomic E-state index is 0. The van der Waals surface area contributed by atoms with Gasteiger partial charge in [0, 0.05) is 32.8 Å². The third kappa shape index (κ3) is 2.10. The van der Waals surface area contributed by atoms with Crippen molar-refractivity contribution in [3.05, 3.63) is 0 Å². The largest absolute Gasteiger partial charge is 0.385 e. The van der Waals surface area contributed by atoms with Crippen LogP contribution in [0, 0.1) is 0 Å². The van der Waals surface area contributed by atoms with Crippen molar-refractivity contribution in [3.63, 3.8) is 0 Å². The van der Waals surface area contributed by atoms with Gasteiger partial charge in [-0.05, 0) is 13.8 Å². The molecule has 0 aromatic heterocycles. The van der Waals surface area contributed by atoms with Crippen molar-refractivity contribution in [1.29, 1.82) is 0 Å². The first-order chi connectivity index (χ1) is 4.21. The summed E-state index contributed by atoms with van der Waals surface area (Å²) in [5, 5.41) is 8.90. The molecule has 1 fully saturated rings. The summed E-state index contributed by atoms with van der Waals surface area (Å²) in [6.07, 6.45) is -0.738. The van der Waals surface area contributed by atoms with Gasteiger partial charge in [0.1, 0.15) is 6.10 Å². The molecule has 0 radical (unpaired) electrons. The van der Waals surface area contributed by atoms with Gasteiger partial charge in [0.2, 0.25) is 0 Å². The van der Waals surface area contributed by atoms with E-state index in [4.69, 9.17) is 9.84 Å². The molecule has 0 saturated carbocycles. The topological polar surface area (TPSA) is 54.5 Å². The molecule has 1 aliphatic rings. The first kappa shape index (κ1) is 10.7. The van der Waals surface area contributed by atoms with Gasteiger partial charge in [0.15, 0.2) is 0 Å². The molecule has 1 N–H and O–H groups in total. The van der Waals surface area contributed by atoms with Crippen molar-refractivity contribution in [1.82, 2.24) is 0 Å². The van der Waals surface area contributed by atoms with E-state index in [1.54, 1.807) is 13.8 Å². The van der Waals surface area contributed by atoms with Crippen LogP contribution in [0.25, 0.3) is 0 Å². The molecule has 0 bridgehead atoms. The number of aliphatic hydroxyl groups is 1. The Hall–Kier alpha value is 0.723. The van der Waals surface area contributed by atoms with Crippen LogP contribution in [0.3, 0.4) is 0 Å².